The number of nitrogens with one attached hydrogen (secondary N) is 2. The predicted octanol–water partition coefficient (Wildman–Crippen LogP) is 1.04. The molecule has 0 radical (unpaired) electrons. The third kappa shape index (κ3) is 3.51. The van der Waals surface area contributed by atoms with Gasteiger partial charge in [-0.25, -0.2) is 4.79 Å². The van der Waals surface area contributed by atoms with Crippen molar-refractivity contribution in [3.05, 3.63) is 16.6 Å². The van der Waals surface area contributed by atoms with E-state index in [0.717, 1.165) is 28.8 Å². The topological polar surface area (TPSA) is 113 Å². The molecule has 0 bridgehead atoms. The van der Waals surface area contributed by atoms with Crippen molar-refractivity contribution < 1.29 is 19.5 Å². The van der Waals surface area contributed by atoms with Gasteiger partial charge in [-0.15, -0.1) is 11.3 Å². The summed E-state index contributed by atoms with van der Waals surface area (Å²) in [6.07, 6.45) is 1.60. The van der Waals surface area contributed by atoms with E-state index in [0.29, 0.717) is 4.88 Å². The van der Waals surface area contributed by atoms with Crippen LogP contribution in [0.15, 0.2) is 6.07 Å². The average molecular weight is 364 g/mol. The van der Waals surface area contributed by atoms with Crippen LogP contribution >= 0.6 is 11.3 Å². The summed E-state index contributed by atoms with van der Waals surface area (Å²) in [6, 6.07) is 0.0504. The van der Waals surface area contributed by atoms with Gasteiger partial charge in [-0.2, -0.15) is 5.10 Å². The largest absolute Gasteiger partial charge is 0.480 e. The van der Waals surface area contributed by atoms with Gasteiger partial charge in [0.2, 0.25) is 5.91 Å². The smallest absolute Gasteiger partial charge is 0.326 e. The second-order valence-electron chi connectivity index (χ2n) is 6.40. The number of carbonyl (C=O) groups excluding carboxylic acids is 2. The van der Waals surface area contributed by atoms with E-state index in [2.05, 4.69) is 15.7 Å². The Morgan fingerprint density at radius 1 is 1.36 bits per heavy atom. The highest BCUT2D eigenvalue weighted by atomic mass is 32.1. The Labute approximate surface area is 148 Å². The highest BCUT2D eigenvalue weighted by Gasteiger charge is 2.38. The molecule has 1 fully saturated rings. The van der Waals surface area contributed by atoms with Crippen molar-refractivity contribution in [3.63, 3.8) is 0 Å². The zero-order chi connectivity index (χ0) is 18.3. The van der Waals surface area contributed by atoms with E-state index in [1.807, 2.05) is 14.0 Å². The van der Waals surface area contributed by atoms with Gasteiger partial charge < -0.3 is 15.7 Å². The Morgan fingerprint density at radius 2 is 2.04 bits per heavy atom. The number of carbonyl (C=O) groups is 3. The molecule has 0 saturated heterocycles. The molecule has 2 aromatic rings. The van der Waals surface area contributed by atoms with Crippen molar-refractivity contribution in [1.82, 2.24) is 20.4 Å². The maximum Gasteiger partial charge on any atom is 0.326 e. The molecular weight excluding hydrogens is 344 g/mol. The van der Waals surface area contributed by atoms with Crippen LogP contribution in [0.4, 0.5) is 0 Å². The number of carboxylic acid groups (broad SMARTS) is 1. The van der Waals surface area contributed by atoms with Crippen molar-refractivity contribution in [2.75, 3.05) is 0 Å². The number of aliphatic carboxylic acids is 1. The average Bonchev–Trinajstić information content (AvgIpc) is 3.20. The Balaban J connectivity index is 1.65. The molecule has 1 aliphatic carbocycles. The van der Waals surface area contributed by atoms with Crippen LogP contribution in [0.25, 0.3) is 10.2 Å². The minimum atomic E-state index is -1.04. The van der Waals surface area contributed by atoms with E-state index in [1.165, 1.54) is 11.3 Å². The molecule has 2 unspecified atom stereocenters. The molecule has 9 heteroatoms. The number of hydrogen-bond donors (Lipinski definition) is 3. The number of amides is 2. The van der Waals surface area contributed by atoms with Crippen molar-refractivity contribution in [2.24, 2.45) is 13.0 Å². The van der Waals surface area contributed by atoms with E-state index >= 15 is 0 Å². The highest BCUT2D eigenvalue weighted by molar-refractivity contribution is 7.20. The second-order valence-corrected chi connectivity index (χ2v) is 7.43. The molecule has 0 spiro atoms. The van der Waals surface area contributed by atoms with Gasteiger partial charge in [-0.1, -0.05) is 0 Å². The summed E-state index contributed by atoms with van der Waals surface area (Å²) in [5.41, 5.74) is 0.840. The molecule has 2 heterocycles. The van der Waals surface area contributed by atoms with Crippen molar-refractivity contribution in [3.8, 4) is 0 Å². The molecule has 2 aromatic heterocycles. The van der Waals surface area contributed by atoms with Gasteiger partial charge in [0.25, 0.3) is 5.91 Å². The highest BCUT2D eigenvalue weighted by Crippen LogP contribution is 2.32. The van der Waals surface area contributed by atoms with Crippen LogP contribution in [0.1, 0.15) is 35.1 Å². The van der Waals surface area contributed by atoms with E-state index in [1.54, 1.807) is 17.7 Å². The number of thiophene rings is 1. The number of aromatic nitrogens is 2. The zero-order valence-corrected chi connectivity index (χ0v) is 15.0. The summed E-state index contributed by atoms with van der Waals surface area (Å²) in [5, 5.41) is 19.5. The third-order valence-electron chi connectivity index (χ3n) is 4.32. The van der Waals surface area contributed by atoms with Gasteiger partial charge in [0.15, 0.2) is 0 Å². The molecule has 3 rings (SSSR count). The number of aryl methyl sites for hydroxylation is 2. The first kappa shape index (κ1) is 17.4. The van der Waals surface area contributed by atoms with Crippen molar-refractivity contribution in [2.45, 2.75) is 38.8 Å². The standard InChI is InChI=1S/C16H20N4O4S/c1-7-10-6-11(25-15(10)20(3)19-7)14(22)17-8(2)13(21)18-12(16(23)24)9-4-5-9/h6,8-9,12H,4-5H2,1-3H3,(H,17,22)(H,18,21)(H,23,24). The fourth-order valence-electron chi connectivity index (χ4n) is 2.74. The molecule has 8 nitrogen and oxygen atoms in total. The van der Waals surface area contributed by atoms with E-state index in [9.17, 15) is 19.5 Å². The van der Waals surface area contributed by atoms with Crippen LogP contribution in [-0.2, 0) is 16.6 Å². The summed E-state index contributed by atoms with van der Waals surface area (Å²) in [7, 11) is 1.81. The summed E-state index contributed by atoms with van der Waals surface area (Å²) >= 11 is 1.30. The van der Waals surface area contributed by atoms with Gasteiger partial charge in [0.1, 0.15) is 16.9 Å². The Hall–Kier alpha value is -2.42. The zero-order valence-electron chi connectivity index (χ0n) is 14.2. The van der Waals surface area contributed by atoms with E-state index in [4.69, 9.17) is 0 Å². The summed E-state index contributed by atoms with van der Waals surface area (Å²) in [6.45, 7) is 3.41. The molecule has 1 saturated carbocycles. The Bertz CT molecular complexity index is 817. The fourth-order valence-corrected chi connectivity index (χ4v) is 3.77. The molecule has 2 atom stereocenters. The maximum atomic E-state index is 12.4. The summed E-state index contributed by atoms with van der Waals surface area (Å²) in [4.78, 5) is 37.2. The number of fused-ring (bicyclic) bond motifs is 1. The van der Waals surface area contributed by atoms with Crippen molar-refractivity contribution in [1.29, 1.82) is 0 Å². The summed E-state index contributed by atoms with van der Waals surface area (Å²) in [5.74, 6) is -1.91. The monoisotopic (exact) mass is 364 g/mol. The van der Waals surface area contributed by atoms with Crippen molar-refractivity contribution >= 4 is 39.3 Å². The minimum Gasteiger partial charge on any atom is -0.480 e. The minimum absolute atomic E-state index is 0.0116. The molecular formula is C16H20N4O4S. The molecule has 134 valence electrons. The number of nitrogens with zero attached hydrogens (tertiary/aromatic N) is 2. The Morgan fingerprint density at radius 3 is 2.60 bits per heavy atom. The SMILES string of the molecule is Cc1nn(C)c2sc(C(=O)NC(C)C(=O)NC(C(=O)O)C3CC3)cc12. The van der Waals surface area contributed by atoms with Gasteiger partial charge >= 0.3 is 5.97 Å². The van der Waals surface area contributed by atoms with Crippen LogP contribution in [0.5, 0.6) is 0 Å². The number of hydrogen-bond acceptors (Lipinski definition) is 5. The van der Waals surface area contributed by atoms with Gasteiger partial charge in [0.05, 0.1) is 10.6 Å². The van der Waals surface area contributed by atoms with Crippen LogP contribution in [-0.4, -0.2) is 44.8 Å². The van der Waals surface area contributed by atoms with E-state index in [-0.39, 0.29) is 11.8 Å². The lowest BCUT2D eigenvalue weighted by Crippen LogP contribution is -2.51. The van der Waals surface area contributed by atoms with E-state index < -0.39 is 24.0 Å². The van der Waals surface area contributed by atoms with Gasteiger partial charge in [-0.3, -0.25) is 14.3 Å². The fraction of sp³-hybridized carbons (Fsp3) is 0.500. The Kier molecular flexibility index (Phi) is 4.51. The molecule has 3 N–H and O–H groups in total. The first-order chi connectivity index (χ1) is 11.8. The number of carboxylic acids is 1. The second kappa shape index (κ2) is 6.47. The normalized spacial score (nSPS) is 16.4. The lowest BCUT2D eigenvalue weighted by atomic mass is 10.1. The molecule has 0 aliphatic heterocycles. The van der Waals surface area contributed by atoms with Crippen LogP contribution in [0, 0.1) is 12.8 Å². The maximum absolute atomic E-state index is 12.4. The molecule has 1 aliphatic rings. The lowest BCUT2D eigenvalue weighted by Gasteiger charge is -2.18. The van der Waals surface area contributed by atoms with Crippen LogP contribution in [0.3, 0.4) is 0 Å². The molecule has 2 amide bonds. The molecule has 0 aromatic carbocycles. The van der Waals surface area contributed by atoms with Gasteiger partial charge in [-0.05, 0) is 38.7 Å². The first-order valence-corrected chi connectivity index (χ1v) is 8.86. The predicted molar refractivity (Wildman–Crippen MR) is 92.5 cm³/mol. The first-order valence-electron chi connectivity index (χ1n) is 8.05. The third-order valence-corrected chi connectivity index (χ3v) is 5.52. The summed E-state index contributed by atoms with van der Waals surface area (Å²) < 4.78 is 1.72. The lowest BCUT2D eigenvalue weighted by molar-refractivity contribution is -0.142. The molecule has 25 heavy (non-hydrogen) atoms. The van der Waals surface area contributed by atoms with Crippen LogP contribution < -0.4 is 10.6 Å². The quantitative estimate of drug-likeness (QED) is 0.709. The van der Waals surface area contributed by atoms with Gasteiger partial charge in [0, 0.05) is 12.4 Å². The number of rotatable bonds is 6. The van der Waals surface area contributed by atoms with Crippen LogP contribution in [0.2, 0.25) is 0 Å².